The Labute approximate surface area is 96.2 Å². The van der Waals surface area contributed by atoms with E-state index < -0.39 is 0 Å². The van der Waals surface area contributed by atoms with Gasteiger partial charge in [-0.1, -0.05) is 6.42 Å². The van der Waals surface area contributed by atoms with E-state index in [1.54, 1.807) is 0 Å². The molecule has 1 radical (unpaired) electrons. The van der Waals surface area contributed by atoms with Gasteiger partial charge in [0.05, 0.1) is 38.6 Å². The average Bonchev–Trinajstić information content (AvgIpc) is 3.17. The maximum absolute atomic E-state index is 5.85. The molecule has 16 heavy (non-hydrogen) atoms. The van der Waals surface area contributed by atoms with Gasteiger partial charge in [0.25, 0.3) is 0 Å². The van der Waals surface area contributed by atoms with Crippen LogP contribution in [-0.4, -0.2) is 50.8 Å². The number of epoxide rings is 2. The Bertz CT molecular complexity index is 201. The van der Waals surface area contributed by atoms with E-state index in [0.29, 0.717) is 18.8 Å². The lowest BCUT2D eigenvalue weighted by Crippen LogP contribution is -2.37. The van der Waals surface area contributed by atoms with Crippen LogP contribution >= 0.6 is 0 Å². The zero-order valence-electron chi connectivity index (χ0n) is 9.47. The standard InChI is InChI=1S/C12H19O4/c1-2-4-12(16-8-10-6-14-10)11(3-1)15-7-9-5-13-9/h3,9-12H,1-2,4-8H2. The molecule has 4 nitrogen and oxygen atoms in total. The molecular formula is C12H19O4. The average molecular weight is 227 g/mol. The molecule has 4 atom stereocenters. The minimum atomic E-state index is 0.150. The van der Waals surface area contributed by atoms with E-state index in [-0.39, 0.29) is 12.2 Å². The van der Waals surface area contributed by atoms with Gasteiger partial charge >= 0.3 is 0 Å². The molecule has 2 aliphatic heterocycles. The van der Waals surface area contributed by atoms with Crippen molar-refractivity contribution in [3.63, 3.8) is 0 Å². The fourth-order valence-electron chi connectivity index (χ4n) is 2.05. The van der Waals surface area contributed by atoms with E-state index in [0.717, 1.165) is 32.7 Å². The van der Waals surface area contributed by atoms with Gasteiger partial charge in [-0.05, 0) is 19.3 Å². The van der Waals surface area contributed by atoms with Crippen molar-refractivity contribution >= 4 is 0 Å². The van der Waals surface area contributed by atoms with Crippen molar-refractivity contribution in [1.29, 1.82) is 0 Å². The highest BCUT2D eigenvalue weighted by molar-refractivity contribution is 4.90. The van der Waals surface area contributed by atoms with E-state index in [9.17, 15) is 0 Å². The first-order valence-electron chi connectivity index (χ1n) is 6.21. The Morgan fingerprint density at radius 3 is 2.44 bits per heavy atom. The van der Waals surface area contributed by atoms with Crippen LogP contribution in [0.3, 0.4) is 0 Å². The molecular weight excluding hydrogens is 208 g/mol. The van der Waals surface area contributed by atoms with Crippen LogP contribution in [-0.2, 0) is 18.9 Å². The highest BCUT2D eigenvalue weighted by Gasteiger charge is 2.32. The predicted octanol–water partition coefficient (Wildman–Crippen LogP) is 0.943. The van der Waals surface area contributed by atoms with Crippen LogP contribution in [0, 0.1) is 6.42 Å². The number of ether oxygens (including phenoxy) is 4. The summed E-state index contributed by atoms with van der Waals surface area (Å²) in [5.74, 6) is 0. The highest BCUT2D eigenvalue weighted by Crippen LogP contribution is 2.25. The Kier molecular flexibility index (Phi) is 3.43. The van der Waals surface area contributed by atoms with Crippen LogP contribution in [0.1, 0.15) is 19.3 Å². The smallest absolute Gasteiger partial charge is 0.104 e. The van der Waals surface area contributed by atoms with Crippen molar-refractivity contribution < 1.29 is 18.9 Å². The molecule has 0 spiro atoms. The van der Waals surface area contributed by atoms with Gasteiger partial charge < -0.3 is 18.9 Å². The molecule has 1 saturated carbocycles. The lowest BCUT2D eigenvalue weighted by atomic mass is 9.94. The Morgan fingerprint density at radius 1 is 1.06 bits per heavy atom. The second kappa shape index (κ2) is 5.00. The fraction of sp³-hybridized carbons (Fsp3) is 0.917. The molecule has 0 N–H and O–H groups in total. The maximum Gasteiger partial charge on any atom is 0.104 e. The van der Waals surface area contributed by atoms with E-state index in [1.165, 1.54) is 6.42 Å². The summed E-state index contributed by atoms with van der Waals surface area (Å²) in [4.78, 5) is 0. The summed E-state index contributed by atoms with van der Waals surface area (Å²) in [6.45, 7) is 3.14. The molecule has 0 aromatic carbocycles. The molecule has 1 aliphatic carbocycles. The molecule has 2 heterocycles. The first-order chi connectivity index (χ1) is 7.92. The molecule has 4 unspecified atom stereocenters. The van der Waals surface area contributed by atoms with Crippen LogP contribution in [0.15, 0.2) is 0 Å². The van der Waals surface area contributed by atoms with Crippen LogP contribution in [0.25, 0.3) is 0 Å². The first-order valence-corrected chi connectivity index (χ1v) is 6.21. The maximum atomic E-state index is 5.85. The second-order valence-corrected chi connectivity index (χ2v) is 4.75. The third kappa shape index (κ3) is 3.17. The summed E-state index contributed by atoms with van der Waals surface area (Å²) in [5, 5.41) is 0. The van der Waals surface area contributed by atoms with Gasteiger partial charge in [0.15, 0.2) is 0 Å². The predicted molar refractivity (Wildman–Crippen MR) is 57.1 cm³/mol. The van der Waals surface area contributed by atoms with Gasteiger partial charge in [0.2, 0.25) is 0 Å². The summed E-state index contributed by atoms with van der Waals surface area (Å²) in [5.41, 5.74) is 0. The Hall–Kier alpha value is -0.160. The second-order valence-electron chi connectivity index (χ2n) is 4.75. The molecule has 0 bridgehead atoms. The van der Waals surface area contributed by atoms with E-state index in [4.69, 9.17) is 18.9 Å². The molecule has 3 aliphatic rings. The van der Waals surface area contributed by atoms with E-state index in [1.807, 2.05) is 0 Å². The Morgan fingerprint density at radius 2 is 1.75 bits per heavy atom. The fourth-order valence-corrected chi connectivity index (χ4v) is 2.05. The van der Waals surface area contributed by atoms with Gasteiger partial charge in [-0.15, -0.1) is 0 Å². The number of hydrogen-bond donors (Lipinski definition) is 0. The highest BCUT2D eigenvalue weighted by atomic mass is 16.6. The van der Waals surface area contributed by atoms with Gasteiger partial charge in [-0.3, -0.25) is 0 Å². The monoisotopic (exact) mass is 227 g/mol. The summed E-state index contributed by atoms with van der Waals surface area (Å²) in [7, 11) is 0. The van der Waals surface area contributed by atoms with Crippen molar-refractivity contribution in [3.8, 4) is 0 Å². The molecule has 4 heteroatoms. The SMILES string of the molecule is [CH]1CCCC(OCC2CO2)C1OCC1CO1. The molecule has 91 valence electrons. The summed E-state index contributed by atoms with van der Waals surface area (Å²) >= 11 is 0. The van der Waals surface area contributed by atoms with Crippen LogP contribution < -0.4 is 0 Å². The quantitative estimate of drug-likeness (QED) is 0.633. The first kappa shape index (κ1) is 11.0. The topological polar surface area (TPSA) is 43.5 Å². The van der Waals surface area contributed by atoms with Crippen molar-refractivity contribution in [2.75, 3.05) is 26.4 Å². The van der Waals surface area contributed by atoms with Gasteiger partial charge in [-0.2, -0.15) is 0 Å². The van der Waals surface area contributed by atoms with Crippen molar-refractivity contribution in [3.05, 3.63) is 6.42 Å². The summed E-state index contributed by atoms with van der Waals surface area (Å²) in [6.07, 6.45) is 6.72. The van der Waals surface area contributed by atoms with Gasteiger partial charge in [0.1, 0.15) is 12.2 Å². The van der Waals surface area contributed by atoms with Crippen molar-refractivity contribution in [1.82, 2.24) is 0 Å². The van der Waals surface area contributed by atoms with Crippen LogP contribution in [0.4, 0.5) is 0 Å². The van der Waals surface area contributed by atoms with Crippen molar-refractivity contribution in [2.24, 2.45) is 0 Å². The van der Waals surface area contributed by atoms with Gasteiger partial charge in [0, 0.05) is 0 Å². The molecule has 0 aromatic heterocycles. The summed E-state index contributed by atoms with van der Waals surface area (Å²) in [6, 6.07) is 0. The normalized spacial score (nSPS) is 42.0. The number of rotatable bonds is 6. The zero-order valence-corrected chi connectivity index (χ0v) is 9.47. The third-order valence-corrected chi connectivity index (χ3v) is 3.23. The minimum Gasteiger partial charge on any atom is -0.373 e. The molecule has 3 fully saturated rings. The lowest BCUT2D eigenvalue weighted by molar-refractivity contribution is -0.0775. The van der Waals surface area contributed by atoms with Crippen LogP contribution in [0.2, 0.25) is 0 Å². The largest absolute Gasteiger partial charge is 0.373 e. The van der Waals surface area contributed by atoms with Crippen molar-refractivity contribution in [2.45, 2.75) is 43.7 Å². The minimum absolute atomic E-state index is 0.150. The van der Waals surface area contributed by atoms with Gasteiger partial charge in [-0.25, -0.2) is 0 Å². The molecule has 0 aromatic rings. The molecule has 2 saturated heterocycles. The van der Waals surface area contributed by atoms with E-state index >= 15 is 0 Å². The van der Waals surface area contributed by atoms with E-state index in [2.05, 4.69) is 6.42 Å². The molecule has 0 amide bonds. The number of hydrogen-bond acceptors (Lipinski definition) is 4. The molecule has 3 rings (SSSR count). The third-order valence-electron chi connectivity index (χ3n) is 3.23. The summed E-state index contributed by atoms with van der Waals surface area (Å²) < 4.78 is 22.0. The zero-order chi connectivity index (χ0) is 10.8. The Balaban J connectivity index is 1.42. The van der Waals surface area contributed by atoms with Crippen LogP contribution in [0.5, 0.6) is 0 Å². The lowest BCUT2D eigenvalue weighted by Gasteiger charge is -2.30.